The van der Waals surface area contributed by atoms with Crippen LogP contribution in [0.1, 0.15) is 18.1 Å². The van der Waals surface area contributed by atoms with E-state index in [9.17, 15) is 13.2 Å². The van der Waals surface area contributed by atoms with Gasteiger partial charge in [-0.15, -0.1) is 0 Å². The molecule has 0 saturated carbocycles. The Kier molecular flexibility index (Phi) is 6.75. The number of carbonyl (C=O) groups is 1. The van der Waals surface area contributed by atoms with Crippen molar-refractivity contribution in [1.29, 1.82) is 0 Å². The molecule has 1 aliphatic rings. The number of nitrogens with zero attached hydrogens (tertiary/aromatic N) is 2. The lowest BCUT2D eigenvalue weighted by Crippen LogP contribution is -2.54. The molecule has 0 amide bonds. The second-order valence-corrected chi connectivity index (χ2v) is 9.89. The Morgan fingerprint density at radius 3 is 2.21 bits per heavy atom. The van der Waals surface area contributed by atoms with Crippen molar-refractivity contribution in [3.8, 4) is 11.8 Å². The molecule has 34 heavy (non-hydrogen) atoms. The van der Waals surface area contributed by atoms with Crippen molar-refractivity contribution >= 4 is 38.3 Å². The molecule has 9 heteroatoms. The zero-order chi connectivity index (χ0) is 24.3. The van der Waals surface area contributed by atoms with Crippen LogP contribution >= 0.6 is 0 Å². The minimum Gasteiger partial charge on any atom is -0.480 e. The van der Waals surface area contributed by atoms with Crippen molar-refractivity contribution in [1.82, 2.24) is 9.03 Å². The van der Waals surface area contributed by atoms with Crippen molar-refractivity contribution in [2.24, 2.45) is 0 Å². The summed E-state index contributed by atoms with van der Waals surface area (Å²) in [5, 5.41) is 11.1. The highest BCUT2D eigenvalue weighted by molar-refractivity contribution is 7.87. The van der Waals surface area contributed by atoms with Gasteiger partial charge in [-0.1, -0.05) is 24.0 Å². The van der Waals surface area contributed by atoms with Crippen LogP contribution in [0.2, 0.25) is 0 Å². The molecule has 0 aromatic heterocycles. The number of nitrogen functional groups attached to an aromatic ring is 1. The number of hydrogen-bond acceptors (Lipinski definition) is 5. The number of hydrogen-bond donors (Lipinski definition) is 3. The summed E-state index contributed by atoms with van der Waals surface area (Å²) in [7, 11) is -3.84. The van der Waals surface area contributed by atoms with Gasteiger partial charge in [0.1, 0.15) is 6.04 Å². The minimum absolute atomic E-state index is 0.275. The molecule has 0 aliphatic carbocycles. The summed E-state index contributed by atoms with van der Waals surface area (Å²) in [5.74, 6) is 5.17. The molecule has 1 atom stereocenters. The molecule has 1 fully saturated rings. The first-order valence-electron chi connectivity index (χ1n) is 10.9. The monoisotopic (exact) mass is 478 g/mol. The zero-order valence-electron chi connectivity index (χ0n) is 18.7. The van der Waals surface area contributed by atoms with E-state index in [4.69, 9.17) is 10.8 Å². The van der Waals surface area contributed by atoms with E-state index in [-0.39, 0.29) is 13.1 Å². The normalized spacial score (nSPS) is 15.5. The number of fused-ring (bicyclic) bond motifs is 1. The maximum atomic E-state index is 12.4. The maximum Gasteiger partial charge on any atom is 0.321 e. The molecule has 1 heterocycles. The van der Waals surface area contributed by atoms with E-state index in [0.717, 1.165) is 33.3 Å². The van der Waals surface area contributed by atoms with Gasteiger partial charge in [-0.25, -0.2) is 0 Å². The van der Waals surface area contributed by atoms with Gasteiger partial charge < -0.3 is 15.7 Å². The third-order valence-corrected chi connectivity index (χ3v) is 7.42. The van der Waals surface area contributed by atoms with Crippen LogP contribution in [0, 0.1) is 11.8 Å². The first-order valence-corrected chi connectivity index (χ1v) is 12.3. The van der Waals surface area contributed by atoms with Gasteiger partial charge in [0.05, 0.1) is 0 Å². The second kappa shape index (κ2) is 9.73. The Morgan fingerprint density at radius 2 is 1.53 bits per heavy atom. The van der Waals surface area contributed by atoms with Crippen LogP contribution in [-0.2, 0) is 15.0 Å². The lowest BCUT2D eigenvalue weighted by atomic mass is 10.1. The van der Waals surface area contributed by atoms with Crippen LogP contribution in [0.25, 0.3) is 10.8 Å². The van der Waals surface area contributed by atoms with E-state index in [1.807, 2.05) is 60.7 Å². The largest absolute Gasteiger partial charge is 0.480 e. The number of anilines is 2. The molecule has 4 rings (SSSR count). The Labute approximate surface area is 199 Å². The fraction of sp³-hybridized carbons (Fsp3) is 0.240. The number of benzene rings is 3. The molecule has 176 valence electrons. The molecule has 1 saturated heterocycles. The number of rotatable bonds is 5. The van der Waals surface area contributed by atoms with Gasteiger partial charge in [0.15, 0.2) is 0 Å². The molecular formula is C25H26N4O4S. The van der Waals surface area contributed by atoms with Crippen LogP contribution in [0.5, 0.6) is 0 Å². The molecular weight excluding hydrogens is 452 g/mol. The third-order valence-electron chi connectivity index (χ3n) is 5.72. The van der Waals surface area contributed by atoms with E-state index in [2.05, 4.69) is 21.5 Å². The number of aliphatic carboxylic acids is 1. The average Bonchev–Trinajstić information content (AvgIpc) is 2.83. The van der Waals surface area contributed by atoms with Crippen molar-refractivity contribution in [3.05, 3.63) is 71.8 Å². The summed E-state index contributed by atoms with van der Waals surface area (Å²) in [5.41, 5.74) is 9.36. The van der Waals surface area contributed by atoms with Crippen LogP contribution in [0.3, 0.4) is 0 Å². The first kappa shape index (κ1) is 23.6. The summed E-state index contributed by atoms with van der Waals surface area (Å²) in [4.78, 5) is 13.0. The van der Waals surface area contributed by atoms with Gasteiger partial charge in [0.25, 0.3) is 10.2 Å². The fourth-order valence-corrected chi connectivity index (χ4v) is 5.12. The smallest absolute Gasteiger partial charge is 0.321 e. The molecule has 0 radical (unpaired) electrons. The van der Waals surface area contributed by atoms with Crippen LogP contribution in [0.15, 0.2) is 60.7 Å². The number of nitrogens with one attached hydrogen (secondary N) is 1. The zero-order valence-corrected chi connectivity index (χ0v) is 19.5. The Hall–Kier alpha value is -3.58. The van der Waals surface area contributed by atoms with Crippen molar-refractivity contribution in [2.75, 3.05) is 36.8 Å². The highest BCUT2D eigenvalue weighted by Crippen LogP contribution is 2.20. The predicted octanol–water partition coefficient (Wildman–Crippen LogP) is 2.25. The molecule has 1 unspecified atom stereocenters. The summed E-state index contributed by atoms with van der Waals surface area (Å²) in [6.45, 7) is 2.87. The quantitative estimate of drug-likeness (QED) is 0.383. The van der Waals surface area contributed by atoms with E-state index < -0.39 is 22.2 Å². The standard InChI is InChI=1S/C25H26N4O4S/c1-18(25(30)31)27-34(32,33)29-14-12-28(13-15-29)24-10-5-19(6-11-24)2-3-20-4-7-22-17-23(26)9-8-21(22)16-20/h4-11,16-18,27H,12-15,26H2,1H3,(H,30,31). The molecule has 3 aromatic rings. The summed E-state index contributed by atoms with van der Waals surface area (Å²) >= 11 is 0. The topological polar surface area (TPSA) is 116 Å². The Morgan fingerprint density at radius 1 is 0.941 bits per heavy atom. The highest BCUT2D eigenvalue weighted by atomic mass is 32.2. The van der Waals surface area contributed by atoms with Gasteiger partial charge in [-0.05, 0) is 66.2 Å². The molecule has 4 N–H and O–H groups in total. The fourth-order valence-electron chi connectivity index (χ4n) is 3.78. The average molecular weight is 479 g/mol. The molecule has 0 bridgehead atoms. The van der Waals surface area contributed by atoms with Crippen LogP contribution in [-0.4, -0.2) is 56.0 Å². The van der Waals surface area contributed by atoms with E-state index in [0.29, 0.717) is 13.1 Å². The number of piperazine rings is 1. The van der Waals surface area contributed by atoms with Gasteiger partial charge in [-0.2, -0.15) is 17.4 Å². The minimum atomic E-state index is -3.84. The Balaban J connectivity index is 1.38. The van der Waals surface area contributed by atoms with E-state index in [1.165, 1.54) is 11.2 Å². The summed E-state index contributed by atoms with van der Waals surface area (Å²) in [6, 6.07) is 18.5. The van der Waals surface area contributed by atoms with Gasteiger partial charge in [0, 0.05) is 48.7 Å². The molecule has 3 aromatic carbocycles. The van der Waals surface area contributed by atoms with Gasteiger partial charge >= 0.3 is 5.97 Å². The molecule has 1 aliphatic heterocycles. The molecule has 0 spiro atoms. The van der Waals surface area contributed by atoms with E-state index >= 15 is 0 Å². The third kappa shape index (κ3) is 5.48. The van der Waals surface area contributed by atoms with Crippen LogP contribution < -0.4 is 15.4 Å². The lowest BCUT2D eigenvalue weighted by Gasteiger charge is -2.35. The van der Waals surface area contributed by atoms with E-state index in [1.54, 1.807) is 0 Å². The van der Waals surface area contributed by atoms with Crippen molar-refractivity contribution in [2.45, 2.75) is 13.0 Å². The van der Waals surface area contributed by atoms with Gasteiger partial charge in [0.2, 0.25) is 0 Å². The maximum absolute atomic E-state index is 12.4. The van der Waals surface area contributed by atoms with Crippen molar-refractivity contribution in [3.63, 3.8) is 0 Å². The first-order chi connectivity index (χ1) is 16.2. The Bertz CT molecular complexity index is 1370. The number of carboxylic acids is 1. The summed E-state index contributed by atoms with van der Waals surface area (Å²) < 4.78 is 28.2. The molecule has 8 nitrogen and oxygen atoms in total. The predicted molar refractivity (Wildman–Crippen MR) is 134 cm³/mol. The lowest BCUT2D eigenvalue weighted by molar-refractivity contribution is -0.138. The highest BCUT2D eigenvalue weighted by Gasteiger charge is 2.29. The van der Waals surface area contributed by atoms with Gasteiger partial charge in [-0.3, -0.25) is 4.79 Å². The van der Waals surface area contributed by atoms with Crippen molar-refractivity contribution < 1.29 is 18.3 Å². The number of nitrogens with two attached hydrogens (primary N) is 1. The SMILES string of the molecule is CC(NS(=O)(=O)N1CCN(c2ccc(C#Cc3ccc4cc(N)ccc4c3)cc2)CC1)C(=O)O. The number of carboxylic acid groups (broad SMARTS) is 1. The second-order valence-electron chi connectivity index (χ2n) is 8.19. The summed E-state index contributed by atoms with van der Waals surface area (Å²) in [6.07, 6.45) is 0. The van der Waals surface area contributed by atoms with Crippen LogP contribution in [0.4, 0.5) is 11.4 Å².